The molecule has 3 aromatic rings. The molecule has 4 rings (SSSR count). The molecule has 3 heterocycles. The van der Waals surface area contributed by atoms with Crippen LogP contribution >= 0.6 is 11.8 Å². The number of anilines is 4. The molecule has 0 bridgehead atoms. The van der Waals surface area contributed by atoms with Gasteiger partial charge in [-0.25, -0.2) is 9.97 Å². The fraction of sp³-hybridized carbons (Fsp3) is 0.385. The van der Waals surface area contributed by atoms with E-state index in [-0.39, 0.29) is 14.2 Å². The van der Waals surface area contributed by atoms with Crippen molar-refractivity contribution in [2.75, 3.05) is 28.6 Å². The third-order valence-electron chi connectivity index (χ3n) is 5.82. The minimum absolute atomic E-state index is 0. The lowest BCUT2D eigenvalue weighted by molar-refractivity contribution is -0.115. The molecule has 0 saturated carbocycles. The molecule has 2 aromatic heterocycles. The Morgan fingerprint density at radius 2 is 1.94 bits per heavy atom. The van der Waals surface area contributed by atoms with Gasteiger partial charge in [0.2, 0.25) is 5.91 Å². The summed E-state index contributed by atoms with van der Waals surface area (Å²) in [7, 11) is 0. The lowest BCUT2D eigenvalue weighted by Crippen LogP contribution is -2.32. The SMILES string of the molecule is CCC(=O)Nc1ccc(Sc2nc(Nc3cc(C)[nH]n3)cc(N3CC=C(C(C)(C)C)CC3)n2)cc1.[HH].[HH]. The molecule has 0 radical (unpaired) electrons. The highest BCUT2D eigenvalue weighted by Gasteiger charge is 2.23. The molecule has 0 saturated heterocycles. The predicted octanol–water partition coefficient (Wildman–Crippen LogP) is 6.43. The van der Waals surface area contributed by atoms with Crippen LogP contribution in [0.4, 0.5) is 23.1 Å². The van der Waals surface area contributed by atoms with Gasteiger partial charge in [-0.2, -0.15) is 5.10 Å². The smallest absolute Gasteiger partial charge is 0.224 e. The molecular formula is C26H37N7OS. The number of nitrogens with one attached hydrogen (secondary N) is 3. The molecule has 1 aromatic carbocycles. The maximum atomic E-state index is 11.6. The molecule has 1 aliphatic rings. The topological polar surface area (TPSA) is 98.8 Å². The predicted molar refractivity (Wildman–Crippen MR) is 147 cm³/mol. The number of aromatic amines is 1. The van der Waals surface area contributed by atoms with Crippen molar-refractivity contribution in [3.05, 3.63) is 53.7 Å². The van der Waals surface area contributed by atoms with Gasteiger partial charge in [0.15, 0.2) is 11.0 Å². The maximum Gasteiger partial charge on any atom is 0.224 e. The van der Waals surface area contributed by atoms with Crippen LogP contribution < -0.4 is 15.5 Å². The quantitative estimate of drug-likeness (QED) is 0.257. The number of nitrogens with zero attached hydrogens (tertiary/aromatic N) is 4. The van der Waals surface area contributed by atoms with Gasteiger partial charge in [0, 0.05) is 50.8 Å². The fourth-order valence-electron chi connectivity index (χ4n) is 3.82. The molecule has 0 aliphatic carbocycles. The molecule has 8 nitrogen and oxygen atoms in total. The molecule has 188 valence electrons. The standard InChI is InChI=1S/C26H33N7OS.2H2/c1-6-24(34)27-19-7-9-20(10-8-19)35-25-29-21(28-22-15-17(2)31-32-22)16-23(30-25)33-13-11-18(12-14-33)26(3,4)5;;/h7-11,15-16H,6,12-14H2,1-5H3,(H,27,34)(H2,28,29,30,31,32);2*1H. The van der Waals surface area contributed by atoms with Crippen LogP contribution in [0.2, 0.25) is 0 Å². The molecule has 0 atom stereocenters. The Balaban J connectivity index is 0.00000241. The van der Waals surface area contributed by atoms with Crippen molar-refractivity contribution in [3.8, 4) is 0 Å². The minimum Gasteiger partial charge on any atom is -0.352 e. The van der Waals surface area contributed by atoms with Crippen molar-refractivity contribution < 1.29 is 7.65 Å². The monoisotopic (exact) mass is 495 g/mol. The van der Waals surface area contributed by atoms with E-state index in [4.69, 9.17) is 9.97 Å². The van der Waals surface area contributed by atoms with E-state index in [0.29, 0.717) is 23.2 Å². The Morgan fingerprint density at radius 3 is 2.54 bits per heavy atom. The van der Waals surface area contributed by atoms with Gasteiger partial charge in [0.25, 0.3) is 0 Å². The number of hydrogen-bond acceptors (Lipinski definition) is 7. The van der Waals surface area contributed by atoms with E-state index in [0.717, 1.165) is 41.6 Å². The van der Waals surface area contributed by atoms with Crippen molar-refractivity contribution in [2.24, 2.45) is 5.41 Å². The van der Waals surface area contributed by atoms with Gasteiger partial charge in [-0.15, -0.1) is 0 Å². The van der Waals surface area contributed by atoms with Gasteiger partial charge in [-0.05, 0) is 54.8 Å². The van der Waals surface area contributed by atoms with Gasteiger partial charge in [0.05, 0.1) is 0 Å². The number of carbonyl (C=O) groups excluding carboxylic acids is 1. The molecule has 0 fully saturated rings. The summed E-state index contributed by atoms with van der Waals surface area (Å²) in [5, 5.41) is 14.1. The average molecular weight is 496 g/mol. The zero-order chi connectivity index (χ0) is 25.0. The molecule has 0 spiro atoms. The van der Waals surface area contributed by atoms with Crippen molar-refractivity contribution in [1.82, 2.24) is 20.2 Å². The molecule has 1 amide bonds. The van der Waals surface area contributed by atoms with Gasteiger partial charge >= 0.3 is 0 Å². The average Bonchev–Trinajstić information content (AvgIpc) is 3.24. The lowest BCUT2D eigenvalue weighted by Gasteiger charge is -2.33. The van der Waals surface area contributed by atoms with E-state index in [1.807, 2.05) is 50.2 Å². The number of amides is 1. The number of rotatable bonds is 7. The van der Waals surface area contributed by atoms with E-state index in [9.17, 15) is 4.79 Å². The minimum atomic E-state index is -0.00374. The highest BCUT2D eigenvalue weighted by atomic mass is 32.2. The Morgan fingerprint density at radius 1 is 1.17 bits per heavy atom. The van der Waals surface area contributed by atoms with Gasteiger partial charge in [-0.1, -0.05) is 39.3 Å². The molecule has 0 unspecified atom stereocenters. The lowest BCUT2D eigenvalue weighted by atomic mass is 9.83. The van der Waals surface area contributed by atoms with Crippen LogP contribution in [0.25, 0.3) is 0 Å². The zero-order valence-corrected chi connectivity index (χ0v) is 21.8. The van der Waals surface area contributed by atoms with Crippen molar-refractivity contribution in [1.29, 1.82) is 0 Å². The van der Waals surface area contributed by atoms with E-state index >= 15 is 0 Å². The van der Waals surface area contributed by atoms with Crippen molar-refractivity contribution in [3.63, 3.8) is 0 Å². The number of carbonyl (C=O) groups is 1. The second-order valence-corrected chi connectivity index (χ2v) is 10.7. The van der Waals surface area contributed by atoms with Gasteiger partial charge in [0.1, 0.15) is 11.6 Å². The third kappa shape index (κ3) is 6.63. The first kappa shape index (κ1) is 24.8. The second-order valence-electron chi connectivity index (χ2n) is 9.66. The molecule has 9 heteroatoms. The van der Waals surface area contributed by atoms with E-state index < -0.39 is 0 Å². The normalized spacial score (nSPS) is 14.0. The zero-order valence-electron chi connectivity index (χ0n) is 21.0. The second kappa shape index (κ2) is 10.5. The summed E-state index contributed by atoms with van der Waals surface area (Å²) in [6.07, 6.45) is 3.79. The van der Waals surface area contributed by atoms with E-state index in [1.165, 1.54) is 17.3 Å². The Bertz CT molecular complexity index is 1220. The summed E-state index contributed by atoms with van der Waals surface area (Å²) in [5.74, 6) is 2.29. The number of aryl methyl sites for hydroxylation is 1. The van der Waals surface area contributed by atoms with E-state index in [2.05, 4.69) is 52.6 Å². The number of H-pyrrole nitrogens is 1. The fourth-order valence-corrected chi connectivity index (χ4v) is 4.58. The molecular weight excluding hydrogens is 458 g/mol. The van der Waals surface area contributed by atoms with Gasteiger partial charge < -0.3 is 15.5 Å². The Labute approximate surface area is 214 Å². The highest BCUT2D eigenvalue weighted by molar-refractivity contribution is 7.99. The molecule has 35 heavy (non-hydrogen) atoms. The Kier molecular flexibility index (Phi) is 7.45. The third-order valence-corrected chi connectivity index (χ3v) is 6.69. The van der Waals surface area contributed by atoms with Crippen LogP contribution in [-0.2, 0) is 4.79 Å². The van der Waals surface area contributed by atoms with Gasteiger partial charge in [-0.3, -0.25) is 9.89 Å². The Hall–Kier alpha value is -3.33. The number of aromatic nitrogens is 4. The highest BCUT2D eigenvalue weighted by Crippen LogP contribution is 2.33. The largest absolute Gasteiger partial charge is 0.352 e. The van der Waals surface area contributed by atoms with Crippen molar-refractivity contribution in [2.45, 2.75) is 57.5 Å². The van der Waals surface area contributed by atoms with Crippen molar-refractivity contribution >= 4 is 40.8 Å². The summed E-state index contributed by atoms with van der Waals surface area (Å²) < 4.78 is 0. The maximum absolute atomic E-state index is 11.6. The summed E-state index contributed by atoms with van der Waals surface area (Å²) >= 11 is 1.49. The van der Waals surface area contributed by atoms with Crippen LogP contribution in [0.15, 0.2) is 58.1 Å². The van der Waals surface area contributed by atoms with Crippen LogP contribution in [0, 0.1) is 12.3 Å². The summed E-state index contributed by atoms with van der Waals surface area (Å²) in [6, 6.07) is 11.7. The van der Waals surface area contributed by atoms with Crippen LogP contribution in [0.5, 0.6) is 0 Å². The van der Waals surface area contributed by atoms with Crippen LogP contribution in [0.3, 0.4) is 0 Å². The molecule has 3 N–H and O–H groups in total. The summed E-state index contributed by atoms with van der Waals surface area (Å²) in [6.45, 7) is 12.3. The van der Waals surface area contributed by atoms with Crippen LogP contribution in [0.1, 0.15) is 49.1 Å². The van der Waals surface area contributed by atoms with E-state index in [1.54, 1.807) is 0 Å². The first-order chi connectivity index (χ1) is 16.7. The summed E-state index contributed by atoms with van der Waals surface area (Å²) in [4.78, 5) is 24.5. The number of benzene rings is 1. The summed E-state index contributed by atoms with van der Waals surface area (Å²) in [5.41, 5.74) is 3.42. The molecule has 1 aliphatic heterocycles. The first-order valence-electron chi connectivity index (χ1n) is 11.9. The number of hydrogen-bond donors (Lipinski definition) is 3. The first-order valence-corrected chi connectivity index (χ1v) is 12.7. The van der Waals surface area contributed by atoms with Crippen LogP contribution in [-0.4, -0.2) is 39.2 Å².